The summed E-state index contributed by atoms with van der Waals surface area (Å²) in [7, 11) is 0. The Balaban J connectivity index is 1.37. The van der Waals surface area contributed by atoms with Crippen LogP contribution in [0, 0.1) is 5.82 Å². The molecule has 0 aliphatic carbocycles. The molecule has 138 valence electrons. The molecule has 0 atom stereocenters. The number of piperazine rings is 1. The van der Waals surface area contributed by atoms with Crippen LogP contribution < -0.4 is 15.1 Å². The smallest absolute Gasteiger partial charge is 0.247 e. The first-order chi connectivity index (χ1) is 13.3. The van der Waals surface area contributed by atoms with Gasteiger partial charge in [-0.1, -0.05) is 24.3 Å². The van der Waals surface area contributed by atoms with Crippen molar-refractivity contribution in [2.45, 2.75) is 6.54 Å². The Bertz CT molecular complexity index is 882. The lowest BCUT2D eigenvalue weighted by molar-refractivity contribution is 0.612. The molecule has 1 aliphatic heterocycles. The van der Waals surface area contributed by atoms with Crippen LogP contribution >= 0.6 is 0 Å². The van der Waals surface area contributed by atoms with E-state index in [1.165, 1.54) is 6.07 Å². The second-order valence-corrected chi connectivity index (χ2v) is 6.25. The van der Waals surface area contributed by atoms with Crippen molar-refractivity contribution in [3.63, 3.8) is 0 Å². The number of nitrogens with one attached hydrogen (secondary N) is 1. The molecule has 0 radical (unpaired) electrons. The maximum Gasteiger partial charge on any atom is 0.247 e. The summed E-state index contributed by atoms with van der Waals surface area (Å²) in [4.78, 5) is 13.3. The first-order valence-corrected chi connectivity index (χ1v) is 8.87. The van der Waals surface area contributed by atoms with Crippen molar-refractivity contribution in [3.05, 3.63) is 66.2 Å². The van der Waals surface area contributed by atoms with Crippen molar-refractivity contribution in [1.82, 2.24) is 20.2 Å². The fraction of sp³-hybridized carbons (Fsp3) is 0.263. The number of benzene rings is 1. The largest absolute Gasteiger partial charge is 0.364 e. The standard InChI is InChI=1S/C19H20FN7/c20-16-6-2-1-5-15(16)13-22-17-14-23-25-19(24-17)27-11-9-26(10-12-27)18-7-3-4-8-21-18/h1-8,14H,9-13H2,(H,22,24,25). The van der Waals surface area contributed by atoms with E-state index in [2.05, 4.69) is 35.3 Å². The summed E-state index contributed by atoms with van der Waals surface area (Å²) in [6, 6.07) is 12.6. The highest BCUT2D eigenvalue weighted by Gasteiger charge is 2.20. The predicted molar refractivity (Wildman–Crippen MR) is 102 cm³/mol. The number of halogens is 1. The van der Waals surface area contributed by atoms with E-state index < -0.39 is 0 Å². The Kier molecular flexibility index (Phi) is 5.04. The maximum atomic E-state index is 13.7. The van der Waals surface area contributed by atoms with Gasteiger partial charge < -0.3 is 15.1 Å². The number of aromatic nitrogens is 4. The number of hydrogen-bond donors (Lipinski definition) is 1. The van der Waals surface area contributed by atoms with Gasteiger partial charge in [0.1, 0.15) is 11.6 Å². The highest BCUT2D eigenvalue weighted by Crippen LogP contribution is 2.17. The summed E-state index contributed by atoms with van der Waals surface area (Å²) < 4.78 is 13.7. The van der Waals surface area contributed by atoms with Crippen LogP contribution in [0.5, 0.6) is 0 Å². The number of nitrogens with zero attached hydrogens (tertiary/aromatic N) is 6. The Hall–Kier alpha value is -3.29. The summed E-state index contributed by atoms with van der Waals surface area (Å²) in [6.45, 7) is 3.60. The third-order valence-corrected chi connectivity index (χ3v) is 4.50. The third kappa shape index (κ3) is 4.11. The lowest BCUT2D eigenvalue weighted by atomic mass is 10.2. The van der Waals surface area contributed by atoms with Gasteiger partial charge in [0.25, 0.3) is 0 Å². The highest BCUT2D eigenvalue weighted by molar-refractivity contribution is 5.44. The van der Waals surface area contributed by atoms with Crippen molar-refractivity contribution in [2.75, 3.05) is 41.3 Å². The van der Waals surface area contributed by atoms with Crippen molar-refractivity contribution in [3.8, 4) is 0 Å². The van der Waals surface area contributed by atoms with Crippen LogP contribution in [-0.4, -0.2) is 46.3 Å². The van der Waals surface area contributed by atoms with Gasteiger partial charge in [-0.3, -0.25) is 0 Å². The normalized spacial score (nSPS) is 14.3. The number of anilines is 3. The fourth-order valence-corrected chi connectivity index (χ4v) is 3.02. The topological polar surface area (TPSA) is 70.1 Å². The van der Waals surface area contributed by atoms with E-state index in [0.29, 0.717) is 23.9 Å². The van der Waals surface area contributed by atoms with E-state index >= 15 is 0 Å². The van der Waals surface area contributed by atoms with Gasteiger partial charge in [-0.2, -0.15) is 10.1 Å². The molecule has 2 aromatic heterocycles. The Morgan fingerprint density at radius 1 is 0.963 bits per heavy atom. The Morgan fingerprint density at radius 3 is 2.52 bits per heavy atom. The monoisotopic (exact) mass is 365 g/mol. The minimum absolute atomic E-state index is 0.238. The van der Waals surface area contributed by atoms with Crippen LogP contribution in [0.1, 0.15) is 5.56 Å². The summed E-state index contributed by atoms with van der Waals surface area (Å²) in [5, 5.41) is 11.3. The molecule has 0 bridgehead atoms. The molecular weight excluding hydrogens is 345 g/mol. The van der Waals surface area contributed by atoms with Gasteiger partial charge in [0.05, 0.1) is 6.20 Å². The van der Waals surface area contributed by atoms with Gasteiger partial charge in [-0.05, 0) is 18.2 Å². The van der Waals surface area contributed by atoms with E-state index in [0.717, 1.165) is 32.0 Å². The third-order valence-electron chi connectivity index (χ3n) is 4.50. The van der Waals surface area contributed by atoms with Gasteiger partial charge in [-0.25, -0.2) is 9.37 Å². The van der Waals surface area contributed by atoms with Crippen LogP contribution in [0.3, 0.4) is 0 Å². The molecule has 3 heterocycles. The Labute approximate surface area is 156 Å². The summed E-state index contributed by atoms with van der Waals surface area (Å²) in [5.74, 6) is 1.90. The lowest BCUT2D eigenvalue weighted by Gasteiger charge is -2.35. The zero-order chi connectivity index (χ0) is 18.5. The zero-order valence-corrected chi connectivity index (χ0v) is 14.8. The fourth-order valence-electron chi connectivity index (χ4n) is 3.02. The lowest BCUT2D eigenvalue weighted by Crippen LogP contribution is -2.47. The highest BCUT2D eigenvalue weighted by atomic mass is 19.1. The van der Waals surface area contributed by atoms with E-state index in [1.807, 2.05) is 24.3 Å². The van der Waals surface area contributed by atoms with Crippen LogP contribution in [0.25, 0.3) is 0 Å². The first-order valence-electron chi connectivity index (χ1n) is 8.87. The van der Waals surface area contributed by atoms with Crippen LogP contribution in [0.15, 0.2) is 54.9 Å². The summed E-state index contributed by atoms with van der Waals surface area (Å²) in [5.41, 5.74) is 0.585. The minimum Gasteiger partial charge on any atom is -0.364 e. The molecule has 1 N–H and O–H groups in total. The average molecular weight is 365 g/mol. The van der Waals surface area contributed by atoms with Gasteiger partial charge in [0.2, 0.25) is 5.95 Å². The van der Waals surface area contributed by atoms with E-state index in [1.54, 1.807) is 24.5 Å². The molecule has 0 unspecified atom stereocenters. The van der Waals surface area contributed by atoms with Crippen molar-refractivity contribution in [1.29, 1.82) is 0 Å². The number of pyridine rings is 1. The number of rotatable bonds is 5. The summed E-state index contributed by atoms with van der Waals surface area (Å²) >= 11 is 0. The summed E-state index contributed by atoms with van der Waals surface area (Å²) in [6.07, 6.45) is 3.36. The molecule has 1 aromatic carbocycles. The van der Waals surface area contributed by atoms with Crippen molar-refractivity contribution in [2.24, 2.45) is 0 Å². The van der Waals surface area contributed by atoms with Crippen LogP contribution in [0.4, 0.5) is 22.0 Å². The molecule has 0 spiro atoms. The molecule has 8 heteroatoms. The SMILES string of the molecule is Fc1ccccc1CNc1cnnc(N2CCN(c3ccccn3)CC2)n1. The second-order valence-electron chi connectivity index (χ2n) is 6.25. The second kappa shape index (κ2) is 7.94. The van der Waals surface area contributed by atoms with E-state index in [-0.39, 0.29) is 5.82 Å². The molecule has 0 saturated carbocycles. The van der Waals surface area contributed by atoms with Gasteiger partial charge in [0.15, 0.2) is 5.82 Å². The van der Waals surface area contributed by atoms with E-state index in [9.17, 15) is 4.39 Å². The molecule has 1 aliphatic rings. The quantitative estimate of drug-likeness (QED) is 0.744. The van der Waals surface area contributed by atoms with Crippen molar-refractivity contribution < 1.29 is 4.39 Å². The predicted octanol–water partition coefficient (Wildman–Crippen LogP) is 2.34. The molecule has 1 fully saturated rings. The minimum atomic E-state index is -0.238. The molecule has 27 heavy (non-hydrogen) atoms. The number of hydrogen-bond acceptors (Lipinski definition) is 7. The average Bonchev–Trinajstić information content (AvgIpc) is 2.74. The molecule has 3 aromatic rings. The Morgan fingerprint density at radius 2 is 1.74 bits per heavy atom. The first kappa shape index (κ1) is 17.1. The van der Waals surface area contributed by atoms with Gasteiger partial charge in [-0.15, -0.1) is 5.10 Å². The molecule has 0 amide bonds. The molecule has 7 nitrogen and oxygen atoms in total. The molecule has 4 rings (SSSR count). The van der Waals surface area contributed by atoms with Crippen LogP contribution in [0.2, 0.25) is 0 Å². The van der Waals surface area contributed by atoms with Crippen molar-refractivity contribution >= 4 is 17.6 Å². The molecular formula is C19H20FN7. The zero-order valence-electron chi connectivity index (χ0n) is 14.8. The van der Waals surface area contributed by atoms with E-state index in [4.69, 9.17) is 0 Å². The molecule has 1 saturated heterocycles. The van der Waals surface area contributed by atoms with Gasteiger partial charge >= 0.3 is 0 Å². The van der Waals surface area contributed by atoms with Gasteiger partial charge in [0, 0.05) is 44.5 Å². The maximum absolute atomic E-state index is 13.7. The van der Waals surface area contributed by atoms with Crippen LogP contribution in [-0.2, 0) is 6.54 Å².